The number of hydrogen-bond donors (Lipinski definition) is 1. The molecule has 0 saturated carbocycles. The molecular formula is C20H24Cl2N4O3S. The Balaban J connectivity index is 1.45. The number of aromatic nitrogens is 1. The number of carbonyl (C=O) groups excluding carboxylic acids is 2. The SMILES string of the molecule is CCOC(=O)c1sc(NC(=O)CN2CCN(Cc3ccc(Cl)c(Cl)c3)CC2)nc1C. The van der Waals surface area contributed by atoms with Crippen LogP contribution in [0.2, 0.25) is 10.0 Å². The van der Waals surface area contributed by atoms with Gasteiger partial charge in [0, 0.05) is 32.7 Å². The van der Waals surface area contributed by atoms with Gasteiger partial charge in [-0.05, 0) is 31.5 Å². The van der Waals surface area contributed by atoms with Gasteiger partial charge in [-0.1, -0.05) is 40.6 Å². The van der Waals surface area contributed by atoms with Crippen LogP contribution >= 0.6 is 34.5 Å². The molecule has 1 aliphatic rings. The Bertz CT molecular complexity index is 913. The maximum Gasteiger partial charge on any atom is 0.350 e. The highest BCUT2D eigenvalue weighted by atomic mass is 35.5. The highest BCUT2D eigenvalue weighted by Gasteiger charge is 2.21. The molecule has 0 bridgehead atoms. The molecule has 0 spiro atoms. The van der Waals surface area contributed by atoms with E-state index in [4.69, 9.17) is 27.9 Å². The smallest absolute Gasteiger partial charge is 0.350 e. The molecule has 162 valence electrons. The van der Waals surface area contributed by atoms with Crippen LogP contribution in [0.5, 0.6) is 0 Å². The summed E-state index contributed by atoms with van der Waals surface area (Å²) in [4.78, 5) is 33.4. The van der Waals surface area contributed by atoms with Gasteiger partial charge in [-0.3, -0.25) is 14.6 Å². The van der Waals surface area contributed by atoms with Crippen LogP contribution in [0.1, 0.15) is 27.9 Å². The van der Waals surface area contributed by atoms with Gasteiger partial charge in [0.1, 0.15) is 4.88 Å². The van der Waals surface area contributed by atoms with Gasteiger partial charge in [0.15, 0.2) is 5.13 Å². The molecule has 0 atom stereocenters. The van der Waals surface area contributed by atoms with Gasteiger partial charge in [0.2, 0.25) is 5.91 Å². The Labute approximate surface area is 189 Å². The molecule has 1 amide bonds. The number of nitrogens with one attached hydrogen (secondary N) is 1. The van der Waals surface area contributed by atoms with Crippen molar-refractivity contribution >= 4 is 51.5 Å². The first kappa shape index (κ1) is 23.0. The molecule has 1 aromatic carbocycles. The predicted molar refractivity (Wildman–Crippen MR) is 120 cm³/mol. The number of carbonyl (C=O) groups is 2. The number of nitrogens with zero attached hydrogens (tertiary/aromatic N) is 3. The standard InChI is InChI=1S/C20H24Cl2N4O3S/c1-3-29-19(28)18-13(2)23-20(30-18)24-17(27)12-26-8-6-25(7-9-26)11-14-4-5-15(21)16(22)10-14/h4-5,10H,3,6-9,11-12H2,1-2H3,(H,23,24,27). The van der Waals surface area contributed by atoms with E-state index in [1.54, 1.807) is 13.8 Å². The minimum atomic E-state index is -0.411. The third-order valence-electron chi connectivity index (χ3n) is 4.73. The maximum absolute atomic E-state index is 12.4. The molecule has 30 heavy (non-hydrogen) atoms. The van der Waals surface area contributed by atoms with Crippen molar-refractivity contribution in [1.29, 1.82) is 0 Å². The Morgan fingerprint density at radius 3 is 2.53 bits per heavy atom. The van der Waals surface area contributed by atoms with E-state index in [1.807, 2.05) is 18.2 Å². The Kier molecular flexibility index (Phi) is 8.07. The molecule has 10 heteroatoms. The molecule has 0 aliphatic carbocycles. The predicted octanol–water partition coefficient (Wildman–Crippen LogP) is 3.69. The number of aryl methyl sites for hydroxylation is 1. The number of thiazole rings is 1. The van der Waals surface area contributed by atoms with Crippen molar-refractivity contribution in [2.24, 2.45) is 0 Å². The number of rotatable bonds is 7. The lowest BCUT2D eigenvalue weighted by Crippen LogP contribution is -2.48. The summed E-state index contributed by atoms with van der Waals surface area (Å²) >= 11 is 13.2. The molecular weight excluding hydrogens is 447 g/mol. The number of piperazine rings is 1. The van der Waals surface area contributed by atoms with Crippen molar-refractivity contribution in [2.75, 3.05) is 44.6 Å². The summed E-state index contributed by atoms with van der Waals surface area (Å²) in [6.07, 6.45) is 0. The summed E-state index contributed by atoms with van der Waals surface area (Å²) in [5.74, 6) is -0.553. The first-order valence-corrected chi connectivity index (χ1v) is 11.3. The molecule has 1 aliphatic heterocycles. The minimum absolute atomic E-state index is 0.142. The summed E-state index contributed by atoms with van der Waals surface area (Å²) in [6, 6.07) is 5.69. The summed E-state index contributed by atoms with van der Waals surface area (Å²) < 4.78 is 5.01. The molecule has 1 fully saturated rings. The van der Waals surface area contributed by atoms with Crippen LogP contribution in [0, 0.1) is 6.92 Å². The third kappa shape index (κ3) is 6.15. The molecule has 1 aromatic heterocycles. The molecule has 1 N–H and O–H groups in total. The van der Waals surface area contributed by atoms with E-state index in [0.29, 0.717) is 32.4 Å². The van der Waals surface area contributed by atoms with Crippen LogP contribution in [0.4, 0.5) is 5.13 Å². The van der Waals surface area contributed by atoms with Crippen molar-refractivity contribution in [2.45, 2.75) is 20.4 Å². The van der Waals surface area contributed by atoms with Gasteiger partial charge in [-0.15, -0.1) is 0 Å². The number of benzene rings is 1. The van der Waals surface area contributed by atoms with Crippen LogP contribution in [-0.2, 0) is 16.1 Å². The number of anilines is 1. The minimum Gasteiger partial charge on any atom is -0.462 e. The van der Waals surface area contributed by atoms with E-state index in [0.717, 1.165) is 49.6 Å². The van der Waals surface area contributed by atoms with Gasteiger partial charge in [0.25, 0.3) is 0 Å². The largest absolute Gasteiger partial charge is 0.462 e. The highest BCUT2D eigenvalue weighted by Crippen LogP contribution is 2.24. The lowest BCUT2D eigenvalue weighted by molar-refractivity contribution is -0.117. The molecule has 0 radical (unpaired) electrons. The number of hydrogen-bond acceptors (Lipinski definition) is 7. The lowest BCUT2D eigenvalue weighted by Gasteiger charge is -2.34. The Hall–Kier alpha value is -1.71. The molecule has 3 rings (SSSR count). The van der Waals surface area contributed by atoms with E-state index < -0.39 is 5.97 Å². The number of halogens is 2. The fraction of sp³-hybridized carbons (Fsp3) is 0.450. The van der Waals surface area contributed by atoms with Crippen LogP contribution in [0.15, 0.2) is 18.2 Å². The van der Waals surface area contributed by atoms with Gasteiger partial charge in [-0.2, -0.15) is 0 Å². The second-order valence-corrected chi connectivity index (χ2v) is 8.82. The number of esters is 1. The van der Waals surface area contributed by atoms with Crippen LogP contribution in [-0.4, -0.2) is 66.0 Å². The average molecular weight is 471 g/mol. The Morgan fingerprint density at radius 1 is 1.17 bits per heavy atom. The second-order valence-electron chi connectivity index (χ2n) is 7.00. The molecule has 2 aromatic rings. The summed E-state index contributed by atoms with van der Waals surface area (Å²) in [5.41, 5.74) is 1.68. The normalized spacial score (nSPS) is 15.2. The number of ether oxygens (including phenoxy) is 1. The van der Waals surface area contributed by atoms with Gasteiger partial charge in [0.05, 0.1) is 28.9 Å². The van der Waals surface area contributed by atoms with Gasteiger partial charge in [-0.25, -0.2) is 9.78 Å². The third-order valence-corrected chi connectivity index (χ3v) is 6.52. The summed E-state index contributed by atoms with van der Waals surface area (Å²) in [7, 11) is 0. The second kappa shape index (κ2) is 10.5. The fourth-order valence-corrected chi connectivity index (χ4v) is 4.40. The fourth-order valence-electron chi connectivity index (χ4n) is 3.20. The average Bonchev–Trinajstić information content (AvgIpc) is 3.06. The molecule has 1 saturated heterocycles. The van der Waals surface area contributed by atoms with Crippen molar-refractivity contribution in [3.63, 3.8) is 0 Å². The summed E-state index contributed by atoms with van der Waals surface area (Å²) in [6.45, 7) is 8.16. The quantitative estimate of drug-likeness (QED) is 0.621. The summed E-state index contributed by atoms with van der Waals surface area (Å²) in [5, 5.41) is 4.32. The first-order valence-electron chi connectivity index (χ1n) is 9.68. The molecule has 2 heterocycles. The topological polar surface area (TPSA) is 74.8 Å². The molecule has 0 unspecified atom stereocenters. The zero-order valence-corrected chi connectivity index (χ0v) is 19.2. The first-order chi connectivity index (χ1) is 14.4. The van der Waals surface area contributed by atoms with E-state index in [1.165, 1.54) is 0 Å². The zero-order valence-electron chi connectivity index (χ0n) is 16.9. The van der Waals surface area contributed by atoms with Gasteiger partial charge >= 0.3 is 5.97 Å². The van der Waals surface area contributed by atoms with Crippen molar-refractivity contribution in [1.82, 2.24) is 14.8 Å². The zero-order chi connectivity index (χ0) is 21.7. The Morgan fingerprint density at radius 2 is 1.87 bits per heavy atom. The van der Waals surface area contributed by atoms with E-state index >= 15 is 0 Å². The van der Waals surface area contributed by atoms with Crippen LogP contribution in [0.25, 0.3) is 0 Å². The molecule has 7 nitrogen and oxygen atoms in total. The van der Waals surface area contributed by atoms with Crippen molar-refractivity contribution < 1.29 is 14.3 Å². The van der Waals surface area contributed by atoms with E-state index in [2.05, 4.69) is 20.1 Å². The monoisotopic (exact) mass is 470 g/mol. The van der Waals surface area contributed by atoms with E-state index in [-0.39, 0.29) is 12.5 Å². The van der Waals surface area contributed by atoms with Gasteiger partial charge < -0.3 is 10.1 Å². The van der Waals surface area contributed by atoms with Crippen molar-refractivity contribution in [3.05, 3.63) is 44.4 Å². The number of amides is 1. The van der Waals surface area contributed by atoms with Crippen molar-refractivity contribution in [3.8, 4) is 0 Å². The highest BCUT2D eigenvalue weighted by molar-refractivity contribution is 7.17. The lowest BCUT2D eigenvalue weighted by atomic mass is 10.2. The van der Waals surface area contributed by atoms with E-state index in [9.17, 15) is 9.59 Å². The maximum atomic E-state index is 12.4. The van der Waals surface area contributed by atoms with Crippen LogP contribution in [0.3, 0.4) is 0 Å². The van der Waals surface area contributed by atoms with Crippen LogP contribution < -0.4 is 5.32 Å².